The molecule has 1 rings (SSSR count). The number of aliphatic hydroxyl groups is 1. The number of hydrogen-bond donors (Lipinski definition) is 1. The molecule has 1 aromatic rings. The number of benzene rings is 1. The Morgan fingerprint density at radius 1 is 1.21 bits per heavy atom. The van der Waals surface area contributed by atoms with Crippen LogP contribution < -0.4 is 0 Å². The van der Waals surface area contributed by atoms with E-state index in [0.29, 0.717) is 0 Å². The van der Waals surface area contributed by atoms with Crippen LogP contribution in [0.4, 0.5) is 0 Å². The summed E-state index contributed by atoms with van der Waals surface area (Å²) in [4.78, 5) is 0. The van der Waals surface area contributed by atoms with E-state index < -0.39 is 14.2 Å². The Bertz CT molecular complexity index is 311. The largest absolute Gasteiger partial charge is 0.384 e. The summed E-state index contributed by atoms with van der Waals surface area (Å²) in [5, 5.41) is 11.0. The molecule has 0 aromatic heterocycles. The maximum absolute atomic E-state index is 10.1. The van der Waals surface area contributed by atoms with Crippen molar-refractivity contribution >= 4 is 8.07 Å². The highest BCUT2D eigenvalue weighted by Gasteiger charge is 2.24. The van der Waals surface area contributed by atoms with Crippen LogP contribution in [0, 0.1) is 0 Å². The Hall–Kier alpha value is -0.863. The summed E-state index contributed by atoms with van der Waals surface area (Å²) >= 11 is 0. The molecule has 0 bridgehead atoms. The molecule has 1 unspecified atom stereocenters. The van der Waals surface area contributed by atoms with E-state index >= 15 is 0 Å². The summed E-state index contributed by atoms with van der Waals surface area (Å²) in [6, 6.07) is 9.71. The number of hydrogen-bond acceptors (Lipinski definition) is 1. The molecule has 1 nitrogen and oxygen atoms in total. The third-order valence-electron chi connectivity index (χ3n) is 2.41. The Morgan fingerprint density at radius 3 is 2.14 bits per heavy atom. The van der Waals surface area contributed by atoms with Gasteiger partial charge < -0.3 is 5.11 Å². The predicted octanol–water partition coefficient (Wildman–Crippen LogP) is 3.15. The van der Waals surface area contributed by atoms with Crippen molar-refractivity contribution in [3.63, 3.8) is 0 Å². The highest BCUT2D eigenvalue weighted by atomic mass is 28.3. The molecule has 0 aliphatic carbocycles. The Balaban J connectivity index is 2.87. The molecule has 0 fully saturated rings. The SMILES string of the molecule is C=C(C(O)c1ccccc1)[Si](C)(C)C. The number of aliphatic hydroxyl groups excluding tert-OH is 1. The molecule has 76 valence electrons. The Morgan fingerprint density at radius 2 is 1.71 bits per heavy atom. The standard InChI is InChI=1S/C12H18OSi/c1-10(14(2,3)4)12(13)11-8-6-5-7-9-11/h5-9,12-13H,1H2,2-4H3. The van der Waals surface area contributed by atoms with Gasteiger partial charge in [-0.25, -0.2) is 0 Å². The fraction of sp³-hybridized carbons (Fsp3) is 0.333. The summed E-state index contributed by atoms with van der Waals surface area (Å²) in [5.74, 6) is 0. The average molecular weight is 206 g/mol. The summed E-state index contributed by atoms with van der Waals surface area (Å²) in [5.41, 5.74) is 0.944. The topological polar surface area (TPSA) is 20.2 Å². The minimum atomic E-state index is -1.45. The van der Waals surface area contributed by atoms with Crippen LogP contribution in [0.15, 0.2) is 42.1 Å². The maximum Gasteiger partial charge on any atom is 0.0963 e. The van der Waals surface area contributed by atoms with Crippen molar-refractivity contribution in [3.8, 4) is 0 Å². The summed E-state index contributed by atoms with van der Waals surface area (Å²) < 4.78 is 0. The van der Waals surface area contributed by atoms with E-state index in [1.54, 1.807) is 0 Å². The zero-order valence-electron chi connectivity index (χ0n) is 9.12. The van der Waals surface area contributed by atoms with Gasteiger partial charge in [0.2, 0.25) is 0 Å². The molecular formula is C12H18OSi. The normalized spacial score (nSPS) is 13.7. The summed E-state index contributed by atoms with van der Waals surface area (Å²) in [7, 11) is -1.45. The maximum atomic E-state index is 10.1. The fourth-order valence-electron chi connectivity index (χ4n) is 1.25. The van der Waals surface area contributed by atoms with Crippen molar-refractivity contribution in [3.05, 3.63) is 47.7 Å². The van der Waals surface area contributed by atoms with Gasteiger partial charge in [0.25, 0.3) is 0 Å². The molecule has 0 heterocycles. The zero-order chi connectivity index (χ0) is 10.8. The third-order valence-corrected chi connectivity index (χ3v) is 4.61. The molecule has 2 heteroatoms. The Kier molecular flexibility index (Phi) is 3.29. The molecular weight excluding hydrogens is 188 g/mol. The highest BCUT2D eigenvalue weighted by Crippen LogP contribution is 2.27. The van der Waals surface area contributed by atoms with Crippen molar-refractivity contribution in [1.29, 1.82) is 0 Å². The van der Waals surface area contributed by atoms with Crippen LogP contribution >= 0.6 is 0 Å². The molecule has 1 aromatic carbocycles. The van der Waals surface area contributed by atoms with Crippen LogP contribution in [0.25, 0.3) is 0 Å². The summed E-state index contributed by atoms with van der Waals surface area (Å²) in [6.07, 6.45) is -0.497. The lowest BCUT2D eigenvalue weighted by molar-refractivity contribution is 0.223. The van der Waals surface area contributed by atoms with E-state index in [1.807, 2.05) is 30.3 Å². The van der Waals surface area contributed by atoms with E-state index in [9.17, 15) is 5.11 Å². The van der Waals surface area contributed by atoms with Crippen LogP contribution in [-0.4, -0.2) is 13.2 Å². The first-order chi connectivity index (χ1) is 6.43. The molecule has 0 aliphatic rings. The van der Waals surface area contributed by atoms with Crippen molar-refractivity contribution in [2.24, 2.45) is 0 Å². The van der Waals surface area contributed by atoms with Crippen LogP contribution in [0.2, 0.25) is 19.6 Å². The van der Waals surface area contributed by atoms with Gasteiger partial charge in [-0.05, 0) is 5.56 Å². The molecule has 1 atom stereocenters. The minimum absolute atomic E-state index is 0.497. The molecule has 14 heavy (non-hydrogen) atoms. The van der Waals surface area contributed by atoms with Gasteiger partial charge in [-0.2, -0.15) is 0 Å². The van der Waals surface area contributed by atoms with Crippen molar-refractivity contribution < 1.29 is 5.11 Å². The van der Waals surface area contributed by atoms with E-state index in [2.05, 4.69) is 26.2 Å². The molecule has 0 amide bonds. The first-order valence-corrected chi connectivity index (χ1v) is 8.35. The second-order valence-electron chi connectivity index (χ2n) is 4.59. The van der Waals surface area contributed by atoms with Gasteiger partial charge in [0, 0.05) is 0 Å². The second kappa shape index (κ2) is 4.11. The van der Waals surface area contributed by atoms with Gasteiger partial charge in [0.15, 0.2) is 0 Å². The average Bonchev–Trinajstić information content (AvgIpc) is 2.15. The second-order valence-corrected chi connectivity index (χ2v) is 9.73. The smallest absolute Gasteiger partial charge is 0.0963 e. The molecule has 0 aliphatic heterocycles. The van der Waals surface area contributed by atoms with Gasteiger partial charge in [0.1, 0.15) is 0 Å². The quantitative estimate of drug-likeness (QED) is 0.753. The van der Waals surface area contributed by atoms with Crippen LogP contribution in [-0.2, 0) is 0 Å². The Labute approximate surface area is 87.1 Å². The van der Waals surface area contributed by atoms with Crippen molar-refractivity contribution in [2.75, 3.05) is 0 Å². The van der Waals surface area contributed by atoms with Crippen LogP contribution in [0.3, 0.4) is 0 Å². The lowest BCUT2D eigenvalue weighted by atomic mass is 10.1. The minimum Gasteiger partial charge on any atom is -0.384 e. The monoisotopic (exact) mass is 206 g/mol. The molecule has 1 N–H and O–H groups in total. The molecule has 0 spiro atoms. The summed E-state index contributed by atoms with van der Waals surface area (Å²) in [6.45, 7) is 10.6. The molecule has 0 radical (unpaired) electrons. The lowest BCUT2D eigenvalue weighted by Crippen LogP contribution is -2.27. The van der Waals surface area contributed by atoms with Gasteiger partial charge in [0.05, 0.1) is 14.2 Å². The van der Waals surface area contributed by atoms with Crippen LogP contribution in [0.1, 0.15) is 11.7 Å². The van der Waals surface area contributed by atoms with Crippen LogP contribution in [0.5, 0.6) is 0 Å². The highest BCUT2D eigenvalue weighted by molar-refractivity contribution is 6.83. The van der Waals surface area contributed by atoms with Gasteiger partial charge in [-0.1, -0.05) is 55.2 Å². The van der Waals surface area contributed by atoms with Gasteiger partial charge >= 0.3 is 0 Å². The lowest BCUT2D eigenvalue weighted by Gasteiger charge is -2.24. The van der Waals surface area contributed by atoms with E-state index in [1.165, 1.54) is 0 Å². The molecule has 0 saturated heterocycles. The van der Waals surface area contributed by atoms with Crippen molar-refractivity contribution in [1.82, 2.24) is 0 Å². The zero-order valence-corrected chi connectivity index (χ0v) is 10.1. The van der Waals surface area contributed by atoms with E-state index in [0.717, 1.165) is 10.8 Å². The first kappa shape index (κ1) is 11.2. The third kappa shape index (κ3) is 2.56. The van der Waals surface area contributed by atoms with Gasteiger partial charge in [-0.15, -0.1) is 6.58 Å². The number of rotatable bonds is 3. The van der Waals surface area contributed by atoms with E-state index in [4.69, 9.17) is 0 Å². The van der Waals surface area contributed by atoms with Crippen molar-refractivity contribution in [2.45, 2.75) is 25.7 Å². The fourth-order valence-corrected chi connectivity index (χ4v) is 2.23. The first-order valence-electron chi connectivity index (χ1n) is 4.85. The predicted molar refractivity (Wildman–Crippen MR) is 63.9 cm³/mol. The molecule has 0 saturated carbocycles. The van der Waals surface area contributed by atoms with E-state index in [-0.39, 0.29) is 0 Å². The van der Waals surface area contributed by atoms with Gasteiger partial charge in [-0.3, -0.25) is 0 Å².